The van der Waals surface area contributed by atoms with Crippen LogP contribution >= 0.6 is 12.2 Å². The van der Waals surface area contributed by atoms with Crippen molar-refractivity contribution >= 4 is 28.9 Å². The molecule has 0 aliphatic carbocycles. The molecule has 0 saturated heterocycles. The van der Waals surface area contributed by atoms with E-state index >= 15 is 0 Å². The monoisotopic (exact) mass is 294 g/mol. The summed E-state index contributed by atoms with van der Waals surface area (Å²) in [7, 11) is 5.70. The zero-order valence-electron chi connectivity index (χ0n) is 12.2. The third-order valence-electron chi connectivity index (χ3n) is 2.70. The fourth-order valence-electron chi connectivity index (χ4n) is 1.62. The van der Waals surface area contributed by atoms with Crippen LogP contribution in [-0.4, -0.2) is 50.2 Å². The van der Waals surface area contributed by atoms with E-state index in [1.54, 1.807) is 19.2 Å². The number of thiocarbonyl (C=S) groups is 1. The first-order valence-corrected chi connectivity index (χ1v) is 6.95. The number of rotatable bonds is 6. The van der Waals surface area contributed by atoms with Gasteiger partial charge in [-0.2, -0.15) is 0 Å². The summed E-state index contributed by atoms with van der Waals surface area (Å²) >= 11 is 5.21. The van der Waals surface area contributed by atoms with Crippen LogP contribution in [0.5, 0.6) is 0 Å². The van der Waals surface area contributed by atoms with Crippen LogP contribution in [0.3, 0.4) is 0 Å². The molecule has 6 heteroatoms. The van der Waals surface area contributed by atoms with Crippen molar-refractivity contribution in [3.63, 3.8) is 0 Å². The van der Waals surface area contributed by atoms with Gasteiger partial charge in [0.25, 0.3) is 5.91 Å². The molecule has 1 aromatic carbocycles. The molecule has 0 fully saturated rings. The van der Waals surface area contributed by atoms with Gasteiger partial charge in [0.05, 0.1) is 0 Å². The van der Waals surface area contributed by atoms with E-state index in [4.69, 9.17) is 12.2 Å². The maximum Gasteiger partial charge on any atom is 0.251 e. The van der Waals surface area contributed by atoms with Crippen LogP contribution in [0.15, 0.2) is 24.3 Å². The minimum Gasteiger partial charge on any atom is -0.362 e. The van der Waals surface area contributed by atoms with Crippen molar-refractivity contribution in [1.29, 1.82) is 0 Å². The lowest BCUT2D eigenvalue weighted by molar-refractivity contribution is 0.0963. The van der Waals surface area contributed by atoms with E-state index in [2.05, 4.69) is 20.9 Å². The zero-order chi connectivity index (χ0) is 15.0. The van der Waals surface area contributed by atoms with Gasteiger partial charge in [-0.05, 0) is 63.5 Å². The molecular weight excluding hydrogens is 272 g/mol. The van der Waals surface area contributed by atoms with Crippen molar-refractivity contribution in [3.05, 3.63) is 29.8 Å². The Morgan fingerprint density at radius 2 is 1.90 bits per heavy atom. The highest BCUT2D eigenvalue weighted by molar-refractivity contribution is 7.80. The van der Waals surface area contributed by atoms with E-state index in [0.717, 1.165) is 25.2 Å². The molecule has 0 radical (unpaired) electrons. The molecule has 1 amide bonds. The van der Waals surface area contributed by atoms with Crippen molar-refractivity contribution in [3.8, 4) is 0 Å². The molecule has 0 unspecified atom stereocenters. The first-order valence-electron chi connectivity index (χ1n) is 6.54. The largest absolute Gasteiger partial charge is 0.362 e. The lowest BCUT2D eigenvalue weighted by atomic mass is 10.2. The number of anilines is 1. The van der Waals surface area contributed by atoms with Crippen LogP contribution in [0, 0.1) is 0 Å². The van der Waals surface area contributed by atoms with Gasteiger partial charge in [-0.1, -0.05) is 0 Å². The van der Waals surface area contributed by atoms with Crippen LogP contribution in [0.4, 0.5) is 5.69 Å². The number of nitrogens with zero attached hydrogens (tertiary/aromatic N) is 1. The summed E-state index contributed by atoms with van der Waals surface area (Å²) in [6, 6.07) is 7.18. The first-order chi connectivity index (χ1) is 9.52. The van der Waals surface area contributed by atoms with Gasteiger partial charge in [0.15, 0.2) is 5.11 Å². The van der Waals surface area contributed by atoms with Crippen molar-refractivity contribution in [2.24, 2.45) is 0 Å². The Morgan fingerprint density at radius 3 is 2.45 bits per heavy atom. The van der Waals surface area contributed by atoms with Gasteiger partial charge in [0, 0.05) is 24.8 Å². The topological polar surface area (TPSA) is 56.4 Å². The molecule has 0 bridgehead atoms. The molecule has 1 aromatic rings. The van der Waals surface area contributed by atoms with Gasteiger partial charge in [-0.25, -0.2) is 0 Å². The van der Waals surface area contributed by atoms with Gasteiger partial charge >= 0.3 is 0 Å². The Kier molecular flexibility index (Phi) is 6.97. The van der Waals surface area contributed by atoms with Crippen LogP contribution in [-0.2, 0) is 0 Å². The minimum atomic E-state index is -0.0964. The average molecular weight is 294 g/mol. The number of benzene rings is 1. The highest BCUT2D eigenvalue weighted by atomic mass is 32.1. The number of hydrogen-bond donors (Lipinski definition) is 3. The third kappa shape index (κ3) is 5.99. The summed E-state index contributed by atoms with van der Waals surface area (Å²) in [6.07, 6.45) is 1.03. The molecule has 0 aliphatic heterocycles. The average Bonchev–Trinajstić information content (AvgIpc) is 2.43. The summed E-state index contributed by atoms with van der Waals surface area (Å²) in [5.41, 5.74) is 1.49. The lowest BCUT2D eigenvalue weighted by Gasteiger charge is -2.12. The van der Waals surface area contributed by atoms with E-state index < -0.39 is 0 Å². The first kappa shape index (κ1) is 16.4. The molecule has 0 aromatic heterocycles. The molecule has 3 N–H and O–H groups in total. The highest BCUT2D eigenvalue weighted by Gasteiger charge is 2.03. The molecule has 110 valence electrons. The highest BCUT2D eigenvalue weighted by Crippen LogP contribution is 2.09. The van der Waals surface area contributed by atoms with Crippen molar-refractivity contribution in [2.75, 3.05) is 39.5 Å². The molecule has 0 aliphatic rings. The van der Waals surface area contributed by atoms with Crippen LogP contribution < -0.4 is 16.0 Å². The van der Waals surface area contributed by atoms with E-state index in [9.17, 15) is 4.79 Å². The van der Waals surface area contributed by atoms with Gasteiger partial charge in [0.1, 0.15) is 0 Å². The van der Waals surface area contributed by atoms with Gasteiger partial charge in [0.2, 0.25) is 0 Å². The SMILES string of the molecule is CNC(=O)c1ccc(NC(=S)NCCCN(C)C)cc1. The van der Waals surface area contributed by atoms with Gasteiger partial charge in [-0.15, -0.1) is 0 Å². The van der Waals surface area contributed by atoms with E-state index in [1.807, 2.05) is 26.2 Å². The van der Waals surface area contributed by atoms with Crippen LogP contribution in [0.1, 0.15) is 16.8 Å². The maximum atomic E-state index is 11.4. The molecular formula is C14H22N4OS. The minimum absolute atomic E-state index is 0.0964. The molecule has 0 saturated carbocycles. The van der Waals surface area contributed by atoms with Gasteiger partial charge in [-0.3, -0.25) is 4.79 Å². The van der Waals surface area contributed by atoms with Crippen molar-refractivity contribution < 1.29 is 4.79 Å². The predicted molar refractivity (Wildman–Crippen MR) is 87.2 cm³/mol. The Morgan fingerprint density at radius 1 is 1.25 bits per heavy atom. The molecule has 1 rings (SSSR count). The van der Waals surface area contributed by atoms with E-state index in [0.29, 0.717) is 10.7 Å². The Balaban J connectivity index is 2.36. The number of amides is 1. The fraction of sp³-hybridized carbons (Fsp3) is 0.429. The Labute approximate surface area is 125 Å². The predicted octanol–water partition coefficient (Wildman–Crippen LogP) is 1.28. The van der Waals surface area contributed by atoms with Crippen LogP contribution in [0.25, 0.3) is 0 Å². The summed E-state index contributed by atoms with van der Waals surface area (Å²) in [5, 5.41) is 9.42. The Bertz CT molecular complexity index is 445. The molecule has 0 heterocycles. The fourth-order valence-corrected chi connectivity index (χ4v) is 1.84. The number of carbonyl (C=O) groups is 1. The normalized spacial score (nSPS) is 10.2. The summed E-state index contributed by atoms with van der Waals surface area (Å²) in [4.78, 5) is 13.5. The lowest BCUT2D eigenvalue weighted by Crippen LogP contribution is -2.30. The number of carbonyl (C=O) groups excluding carboxylic acids is 1. The van der Waals surface area contributed by atoms with Gasteiger partial charge < -0.3 is 20.9 Å². The summed E-state index contributed by atoms with van der Waals surface area (Å²) < 4.78 is 0. The Hall–Kier alpha value is -1.66. The maximum absolute atomic E-state index is 11.4. The van der Waals surface area contributed by atoms with Crippen molar-refractivity contribution in [1.82, 2.24) is 15.5 Å². The standard InChI is InChI=1S/C14H22N4OS/c1-15-13(19)11-5-7-12(8-6-11)17-14(20)16-9-4-10-18(2)3/h5-8H,4,9-10H2,1-3H3,(H,15,19)(H2,16,17,20). The summed E-state index contributed by atoms with van der Waals surface area (Å²) in [5.74, 6) is -0.0964. The smallest absolute Gasteiger partial charge is 0.251 e. The second kappa shape index (κ2) is 8.50. The quantitative estimate of drug-likeness (QED) is 0.545. The molecule has 0 atom stereocenters. The molecule has 5 nitrogen and oxygen atoms in total. The summed E-state index contributed by atoms with van der Waals surface area (Å²) in [6.45, 7) is 1.86. The van der Waals surface area contributed by atoms with E-state index in [1.165, 1.54) is 0 Å². The zero-order valence-corrected chi connectivity index (χ0v) is 13.0. The molecule has 20 heavy (non-hydrogen) atoms. The van der Waals surface area contributed by atoms with E-state index in [-0.39, 0.29) is 5.91 Å². The number of nitrogens with one attached hydrogen (secondary N) is 3. The van der Waals surface area contributed by atoms with Crippen molar-refractivity contribution in [2.45, 2.75) is 6.42 Å². The third-order valence-corrected chi connectivity index (χ3v) is 2.95. The second-order valence-electron chi connectivity index (χ2n) is 4.69. The van der Waals surface area contributed by atoms with Crippen LogP contribution in [0.2, 0.25) is 0 Å². The number of hydrogen-bond acceptors (Lipinski definition) is 3. The molecule has 0 spiro atoms. The second-order valence-corrected chi connectivity index (χ2v) is 5.10.